The first-order chi connectivity index (χ1) is 20.0. The molecular formula is C33H44N2O7. The van der Waals surface area contributed by atoms with Crippen LogP contribution in [0.25, 0.3) is 16.8 Å². The Morgan fingerprint density at radius 1 is 1.17 bits per heavy atom. The molecule has 0 aromatic heterocycles. The molecule has 42 heavy (non-hydrogen) atoms. The summed E-state index contributed by atoms with van der Waals surface area (Å²) < 4.78 is 16.8. The zero-order chi connectivity index (χ0) is 31.1. The first-order valence-electron chi connectivity index (χ1n) is 14.3. The number of rotatable bonds is 14. The second kappa shape index (κ2) is 13.9. The molecule has 1 heterocycles. The van der Waals surface area contributed by atoms with Gasteiger partial charge in [-0.1, -0.05) is 51.6 Å². The number of unbranched alkanes of at least 4 members (excludes halogenated alkanes) is 2. The monoisotopic (exact) mass is 580 g/mol. The molecule has 1 fully saturated rings. The number of ether oxygens (including phenoxy) is 3. The van der Waals surface area contributed by atoms with Gasteiger partial charge in [-0.25, -0.2) is 9.59 Å². The summed E-state index contributed by atoms with van der Waals surface area (Å²) in [7, 11) is 3.13. The summed E-state index contributed by atoms with van der Waals surface area (Å²) in [5.41, 5.74) is -0.182. The third kappa shape index (κ3) is 6.95. The Kier molecular flexibility index (Phi) is 10.8. The number of alkyl carbamates (subject to hydrolysis) is 1. The van der Waals surface area contributed by atoms with Gasteiger partial charge in [0.25, 0.3) is 0 Å². The van der Waals surface area contributed by atoms with E-state index in [0.717, 1.165) is 34.7 Å². The highest BCUT2D eigenvalue weighted by Crippen LogP contribution is 2.42. The highest BCUT2D eigenvalue weighted by Gasteiger charge is 2.53. The topological polar surface area (TPSA) is 114 Å². The van der Waals surface area contributed by atoms with E-state index in [-0.39, 0.29) is 19.6 Å². The van der Waals surface area contributed by atoms with Crippen molar-refractivity contribution in [2.45, 2.75) is 70.6 Å². The quantitative estimate of drug-likeness (QED) is 0.211. The molecule has 2 unspecified atom stereocenters. The van der Waals surface area contributed by atoms with Crippen molar-refractivity contribution in [2.75, 3.05) is 27.4 Å². The normalized spacial score (nSPS) is 19.3. The van der Waals surface area contributed by atoms with Crippen molar-refractivity contribution in [1.82, 2.24) is 10.2 Å². The lowest BCUT2D eigenvalue weighted by Gasteiger charge is -2.36. The van der Waals surface area contributed by atoms with Gasteiger partial charge in [-0.15, -0.1) is 6.58 Å². The third-order valence-electron chi connectivity index (χ3n) is 8.46. The molecule has 2 aromatic carbocycles. The van der Waals surface area contributed by atoms with Gasteiger partial charge in [0.2, 0.25) is 5.91 Å². The molecular weight excluding hydrogens is 536 g/mol. The summed E-state index contributed by atoms with van der Waals surface area (Å²) in [6.07, 6.45) is 5.75. The zero-order valence-electron chi connectivity index (χ0n) is 25.4. The molecule has 0 radical (unpaired) electrons. The number of nitrogens with zero attached hydrogens (tertiary/aromatic N) is 1. The molecule has 9 heteroatoms. The van der Waals surface area contributed by atoms with Gasteiger partial charge in [0.1, 0.15) is 23.4 Å². The molecule has 3 rings (SSSR count). The van der Waals surface area contributed by atoms with Crippen LogP contribution in [0.2, 0.25) is 0 Å². The molecule has 9 nitrogen and oxygen atoms in total. The predicted molar refractivity (Wildman–Crippen MR) is 163 cm³/mol. The first kappa shape index (κ1) is 32.7. The van der Waals surface area contributed by atoms with Crippen LogP contribution in [0.3, 0.4) is 0 Å². The van der Waals surface area contributed by atoms with Crippen LogP contribution in [0.4, 0.5) is 4.79 Å². The number of hydrogen-bond donors (Lipinski definition) is 2. The minimum atomic E-state index is -1.15. The van der Waals surface area contributed by atoms with Crippen LogP contribution in [-0.2, 0) is 24.7 Å². The second-order valence-electron chi connectivity index (χ2n) is 11.4. The SMILES string of the molecule is C=CCCCCOC(=O)N[C@H](C(=O)N1CC(OC)(c2ccc3cc(OC)c(C=C)cc3c2)CC1C(=O)O)C(C)(C)CC. The number of carboxylic acid groups (broad SMARTS) is 1. The Labute approximate surface area is 248 Å². The number of amides is 2. The number of fused-ring (bicyclic) bond motifs is 1. The molecule has 3 atom stereocenters. The van der Waals surface area contributed by atoms with Crippen LogP contribution in [0.15, 0.2) is 49.6 Å². The van der Waals surface area contributed by atoms with Crippen LogP contribution in [0, 0.1) is 5.41 Å². The summed E-state index contributed by atoms with van der Waals surface area (Å²) in [6.45, 7) is 13.4. The first-order valence-corrected chi connectivity index (χ1v) is 14.3. The van der Waals surface area contributed by atoms with E-state index in [4.69, 9.17) is 14.2 Å². The molecule has 0 bridgehead atoms. The second-order valence-corrected chi connectivity index (χ2v) is 11.4. The van der Waals surface area contributed by atoms with Gasteiger partial charge < -0.3 is 29.5 Å². The van der Waals surface area contributed by atoms with Crippen LogP contribution in [0.5, 0.6) is 5.75 Å². The summed E-state index contributed by atoms with van der Waals surface area (Å²) in [5, 5.41) is 14.8. The lowest BCUT2D eigenvalue weighted by molar-refractivity contribution is -0.150. The maximum Gasteiger partial charge on any atom is 0.407 e. The zero-order valence-corrected chi connectivity index (χ0v) is 25.4. The van der Waals surface area contributed by atoms with Gasteiger partial charge in [-0.05, 0) is 65.6 Å². The van der Waals surface area contributed by atoms with Crippen LogP contribution in [-0.4, -0.2) is 67.4 Å². The fraction of sp³-hybridized carbons (Fsp3) is 0.485. The van der Waals surface area contributed by atoms with E-state index in [1.807, 2.05) is 51.1 Å². The maximum absolute atomic E-state index is 14.1. The number of carbonyl (C=O) groups excluding carboxylic acids is 2. The van der Waals surface area contributed by atoms with E-state index in [9.17, 15) is 19.5 Å². The lowest BCUT2D eigenvalue weighted by Crippen LogP contribution is -2.57. The van der Waals surface area contributed by atoms with Crippen molar-refractivity contribution in [2.24, 2.45) is 5.41 Å². The average molecular weight is 581 g/mol. The molecule has 2 amide bonds. The Balaban J connectivity index is 1.94. The molecule has 0 spiro atoms. The molecule has 2 N–H and O–H groups in total. The van der Waals surface area contributed by atoms with Crippen molar-refractivity contribution in [1.29, 1.82) is 0 Å². The maximum atomic E-state index is 14.1. The lowest BCUT2D eigenvalue weighted by atomic mass is 9.81. The fourth-order valence-electron chi connectivity index (χ4n) is 5.39. The van der Waals surface area contributed by atoms with Gasteiger partial charge in [-0.3, -0.25) is 4.79 Å². The summed E-state index contributed by atoms with van der Waals surface area (Å²) in [4.78, 5) is 40.7. The fourth-order valence-corrected chi connectivity index (χ4v) is 5.39. The summed E-state index contributed by atoms with van der Waals surface area (Å²) in [6, 6.07) is 7.48. The van der Waals surface area contributed by atoms with Crippen molar-refractivity contribution in [3.63, 3.8) is 0 Å². The number of benzene rings is 2. The van der Waals surface area contributed by atoms with Gasteiger partial charge in [0, 0.05) is 19.1 Å². The smallest absolute Gasteiger partial charge is 0.407 e. The van der Waals surface area contributed by atoms with Crippen molar-refractivity contribution >= 4 is 34.8 Å². The van der Waals surface area contributed by atoms with Gasteiger partial charge in [0.05, 0.1) is 20.3 Å². The van der Waals surface area contributed by atoms with Crippen molar-refractivity contribution < 1.29 is 33.7 Å². The number of carbonyl (C=O) groups is 3. The molecule has 0 saturated carbocycles. The Morgan fingerprint density at radius 2 is 1.90 bits per heavy atom. The number of nitrogens with one attached hydrogen (secondary N) is 1. The highest BCUT2D eigenvalue weighted by molar-refractivity contribution is 5.91. The van der Waals surface area contributed by atoms with E-state index in [1.54, 1.807) is 19.3 Å². The minimum absolute atomic E-state index is 0.00382. The highest BCUT2D eigenvalue weighted by atomic mass is 16.5. The number of allylic oxidation sites excluding steroid dienone is 1. The third-order valence-corrected chi connectivity index (χ3v) is 8.46. The molecule has 1 aliphatic heterocycles. The van der Waals surface area contributed by atoms with Crippen molar-refractivity contribution in [3.05, 3.63) is 60.7 Å². The summed E-state index contributed by atoms with van der Waals surface area (Å²) >= 11 is 0. The number of methoxy groups -OCH3 is 2. The Morgan fingerprint density at radius 3 is 2.50 bits per heavy atom. The molecule has 1 aliphatic rings. The van der Waals surface area contributed by atoms with Crippen LogP contribution in [0.1, 0.15) is 64.0 Å². The molecule has 2 aromatic rings. The number of hydrogen-bond acceptors (Lipinski definition) is 6. The van der Waals surface area contributed by atoms with Gasteiger partial charge in [-0.2, -0.15) is 0 Å². The van der Waals surface area contributed by atoms with Crippen LogP contribution < -0.4 is 10.1 Å². The van der Waals surface area contributed by atoms with Gasteiger partial charge in [0.15, 0.2) is 0 Å². The summed E-state index contributed by atoms with van der Waals surface area (Å²) in [5.74, 6) is -0.932. The largest absolute Gasteiger partial charge is 0.496 e. The van der Waals surface area contributed by atoms with E-state index < -0.39 is 41.1 Å². The Hall–Kier alpha value is -3.85. The predicted octanol–water partition coefficient (Wildman–Crippen LogP) is 5.91. The number of likely N-dealkylation sites (tertiary alicyclic amines) is 1. The molecule has 0 aliphatic carbocycles. The van der Waals surface area contributed by atoms with Gasteiger partial charge >= 0.3 is 12.1 Å². The number of carboxylic acids is 1. The standard InChI is InChI=1S/C33H44N2O7/c1-8-11-12-13-16-42-31(39)34-28(32(4,5)10-3)29(36)35-21-33(41-7,20-26(35)30(37)38)25-15-14-23-19-27(40-6)22(9-2)17-24(23)18-25/h8-9,14-15,17-19,26,28H,1-2,10-13,16,20-21H2,3-7H3,(H,34,39)(H,37,38)/t26?,28-,33?/m1/s1. The minimum Gasteiger partial charge on any atom is -0.496 e. The van der Waals surface area contributed by atoms with Crippen LogP contribution >= 0.6 is 0 Å². The number of aliphatic carboxylic acids is 1. The Bertz CT molecular complexity index is 1320. The van der Waals surface area contributed by atoms with Crippen molar-refractivity contribution in [3.8, 4) is 5.75 Å². The van der Waals surface area contributed by atoms with E-state index in [1.165, 1.54) is 12.0 Å². The molecule has 1 saturated heterocycles. The average Bonchev–Trinajstić information content (AvgIpc) is 3.40. The van der Waals surface area contributed by atoms with E-state index in [0.29, 0.717) is 18.6 Å². The van der Waals surface area contributed by atoms with E-state index >= 15 is 0 Å². The molecule has 228 valence electrons. The van der Waals surface area contributed by atoms with E-state index in [2.05, 4.69) is 18.5 Å².